The maximum Gasteiger partial charge on any atom is 0.0518 e. The zero-order chi connectivity index (χ0) is 10.4. The minimum absolute atomic E-state index is 0.349. The molecule has 0 radical (unpaired) electrons. The van der Waals surface area contributed by atoms with Gasteiger partial charge in [-0.3, -0.25) is 0 Å². The fourth-order valence-electron chi connectivity index (χ4n) is 1.77. The average molecular weight is 265 g/mol. The van der Waals surface area contributed by atoms with Crippen LogP contribution in [-0.2, 0) is 9.47 Å². The molecule has 0 aromatic heterocycles. The first-order valence-corrected chi connectivity index (χ1v) is 6.56. The molecule has 14 heavy (non-hydrogen) atoms. The molecule has 0 aromatic carbocycles. The van der Waals surface area contributed by atoms with Crippen LogP contribution in [0.15, 0.2) is 0 Å². The maximum absolute atomic E-state index is 5.61. The van der Waals surface area contributed by atoms with Crippen molar-refractivity contribution >= 4 is 15.9 Å². The van der Waals surface area contributed by atoms with Crippen LogP contribution in [0.4, 0.5) is 0 Å². The van der Waals surface area contributed by atoms with Crippen LogP contribution in [0.25, 0.3) is 0 Å². The molecule has 0 saturated carbocycles. The number of hydrogen-bond donors (Lipinski definition) is 0. The highest BCUT2D eigenvalue weighted by Crippen LogP contribution is 2.35. The molecule has 1 aliphatic heterocycles. The molecule has 0 unspecified atom stereocenters. The molecule has 0 aliphatic carbocycles. The van der Waals surface area contributed by atoms with E-state index >= 15 is 0 Å². The summed E-state index contributed by atoms with van der Waals surface area (Å²) in [6, 6.07) is 0. The summed E-state index contributed by atoms with van der Waals surface area (Å²) in [4.78, 5) is 0. The fraction of sp³-hybridized carbons (Fsp3) is 1.00. The minimum Gasteiger partial charge on any atom is -0.381 e. The van der Waals surface area contributed by atoms with Crippen LogP contribution < -0.4 is 0 Å². The van der Waals surface area contributed by atoms with Gasteiger partial charge in [-0.15, -0.1) is 0 Å². The first-order chi connectivity index (χ1) is 6.68. The van der Waals surface area contributed by atoms with Crippen LogP contribution in [0.5, 0.6) is 0 Å². The van der Waals surface area contributed by atoms with E-state index in [4.69, 9.17) is 9.47 Å². The van der Waals surface area contributed by atoms with Crippen LogP contribution in [0.1, 0.15) is 33.1 Å². The van der Waals surface area contributed by atoms with Gasteiger partial charge in [0.25, 0.3) is 0 Å². The van der Waals surface area contributed by atoms with E-state index in [1.54, 1.807) is 0 Å². The molecule has 1 rings (SSSR count). The highest BCUT2D eigenvalue weighted by Gasteiger charge is 2.31. The molecule has 0 N–H and O–H groups in total. The molecule has 3 heteroatoms. The molecule has 0 spiro atoms. The molecule has 1 aliphatic rings. The molecule has 1 heterocycles. The third-order valence-corrected chi connectivity index (χ3v) is 4.11. The lowest BCUT2D eigenvalue weighted by Crippen LogP contribution is -2.32. The second-order valence-electron chi connectivity index (χ2n) is 4.42. The second-order valence-corrected chi connectivity index (χ2v) is 4.98. The average Bonchev–Trinajstić information content (AvgIpc) is 2.19. The summed E-state index contributed by atoms with van der Waals surface area (Å²) in [5.41, 5.74) is 0.424. The van der Waals surface area contributed by atoms with Crippen LogP contribution in [0.3, 0.4) is 0 Å². The molecule has 1 fully saturated rings. The standard InChI is InChI=1S/C11H21BrO2/c1-10(2)14-8-5-11(9-12)3-6-13-7-4-11/h10H,3-9H2,1-2H3. The lowest BCUT2D eigenvalue weighted by Gasteiger charge is -2.35. The Bertz CT molecular complexity index is 153. The predicted octanol–water partition coefficient (Wildman–Crippen LogP) is 2.99. The van der Waals surface area contributed by atoms with Gasteiger partial charge in [0.2, 0.25) is 0 Å². The van der Waals surface area contributed by atoms with Crippen molar-refractivity contribution in [3.8, 4) is 0 Å². The van der Waals surface area contributed by atoms with Crippen molar-refractivity contribution in [2.24, 2.45) is 5.41 Å². The third kappa shape index (κ3) is 3.87. The first-order valence-electron chi connectivity index (χ1n) is 5.44. The Kier molecular flexibility index (Phi) is 5.42. The zero-order valence-corrected chi connectivity index (χ0v) is 10.8. The Morgan fingerprint density at radius 2 is 2.00 bits per heavy atom. The van der Waals surface area contributed by atoms with E-state index in [1.165, 1.54) is 12.8 Å². The van der Waals surface area contributed by atoms with Crippen molar-refractivity contribution in [2.45, 2.75) is 39.2 Å². The zero-order valence-electron chi connectivity index (χ0n) is 9.22. The van der Waals surface area contributed by atoms with Gasteiger partial charge in [0.1, 0.15) is 0 Å². The van der Waals surface area contributed by atoms with Gasteiger partial charge in [-0.2, -0.15) is 0 Å². The summed E-state index contributed by atoms with van der Waals surface area (Å²) in [5, 5.41) is 1.07. The molecular weight excluding hydrogens is 244 g/mol. The first kappa shape index (κ1) is 12.5. The largest absolute Gasteiger partial charge is 0.381 e. The normalized spacial score (nSPS) is 21.4. The summed E-state index contributed by atoms with van der Waals surface area (Å²) in [5.74, 6) is 0. The lowest BCUT2D eigenvalue weighted by atomic mass is 9.80. The topological polar surface area (TPSA) is 18.5 Å². The molecule has 0 bridgehead atoms. The van der Waals surface area contributed by atoms with E-state index in [2.05, 4.69) is 29.8 Å². The van der Waals surface area contributed by atoms with Crippen molar-refractivity contribution in [1.29, 1.82) is 0 Å². The number of alkyl halides is 1. The van der Waals surface area contributed by atoms with Crippen molar-refractivity contribution < 1.29 is 9.47 Å². The van der Waals surface area contributed by atoms with Crippen LogP contribution >= 0.6 is 15.9 Å². The van der Waals surface area contributed by atoms with E-state index in [9.17, 15) is 0 Å². The van der Waals surface area contributed by atoms with Gasteiger partial charge in [0.05, 0.1) is 6.10 Å². The van der Waals surface area contributed by atoms with Crippen molar-refractivity contribution in [2.75, 3.05) is 25.2 Å². The Morgan fingerprint density at radius 3 is 2.50 bits per heavy atom. The van der Waals surface area contributed by atoms with Gasteiger partial charge in [0, 0.05) is 25.2 Å². The van der Waals surface area contributed by atoms with E-state index < -0.39 is 0 Å². The molecule has 0 amide bonds. The van der Waals surface area contributed by atoms with Gasteiger partial charge in [0.15, 0.2) is 0 Å². The number of ether oxygens (including phenoxy) is 2. The number of hydrogen-bond acceptors (Lipinski definition) is 2. The Morgan fingerprint density at radius 1 is 1.36 bits per heavy atom. The lowest BCUT2D eigenvalue weighted by molar-refractivity contribution is -0.00366. The molecule has 2 nitrogen and oxygen atoms in total. The van der Waals surface area contributed by atoms with Gasteiger partial charge in [-0.05, 0) is 38.5 Å². The summed E-state index contributed by atoms with van der Waals surface area (Å²) >= 11 is 3.62. The summed E-state index contributed by atoms with van der Waals surface area (Å²) in [6.45, 7) is 6.87. The number of halogens is 1. The maximum atomic E-state index is 5.61. The summed E-state index contributed by atoms with van der Waals surface area (Å²) < 4.78 is 11.0. The minimum atomic E-state index is 0.349. The van der Waals surface area contributed by atoms with Crippen LogP contribution in [0, 0.1) is 5.41 Å². The third-order valence-electron chi connectivity index (χ3n) is 2.92. The van der Waals surface area contributed by atoms with E-state index in [1.807, 2.05) is 0 Å². The monoisotopic (exact) mass is 264 g/mol. The van der Waals surface area contributed by atoms with Crippen molar-refractivity contribution in [3.05, 3.63) is 0 Å². The van der Waals surface area contributed by atoms with E-state index in [-0.39, 0.29) is 0 Å². The Labute approximate surface area is 95.5 Å². The smallest absolute Gasteiger partial charge is 0.0518 e. The van der Waals surface area contributed by atoms with Gasteiger partial charge >= 0.3 is 0 Å². The molecular formula is C11H21BrO2. The Balaban J connectivity index is 2.29. The second kappa shape index (κ2) is 6.09. The Hall–Kier alpha value is 0.400. The molecule has 0 aromatic rings. The van der Waals surface area contributed by atoms with Gasteiger partial charge in [-0.1, -0.05) is 15.9 Å². The predicted molar refractivity (Wildman–Crippen MR) is 62.0 cm³/mol. The SMILES string of the molecule is CC(C)OCCC1(CBr)CCOCC1. The van der Waals surface area contributed by atoms with E-state index in [0.29, 0.717) is 11.5 Å². The highest BCUT2D eigenvalue weighted by atomic mass is 79.9. The van der Waals surface area contributed by atoms with Crippen molar-refractivity contribution in [3.63, 3.8) is 0 Å². The van der Waals surface area contributed by atoms with E-state index in [0.717, 1.165) is 31.6 Å². The van der Waals surface area contributed by atoms with Crippen LogP contribution in [-0.4, -0.2) is 31.3 Å². The van der Waals surface area contributed by atoms with Crippen LogP contribution in [0.2, 0.25) is 0 Å². The highest BCUT2D eigenvalue weighted by molar-refractivity contribution is 9.09. The van der Waals surface area contributed by atoms with Crippen molar-refractivity contribution in [1.82, 2.24) is 0 Å². The quantitative estimate of drug-likeness (QED) is 0.711. The van der Waals surface area contributed by atoms with Gasteiger partial charge in [-0.25, -0.2) is 0 Å². The fourth-order valence-corrected chi connectivity index (χ4v) is 2.61. The summed E-state index contributed by atoms with van der Waals surface area (Å²) in [6.07, 6.45) is 3.83. The molecule has 0 atom stereocenters. The number of rotatable bonds is 5. The summed E-state index contributed by atoms with van der Waals surface area (Å²) in [7, 11) is 0. The van der Waals surface area contributed by atoms with Gasteiger partial charge < -0.3 is 9.47 Å². The molecule has 1 saturated heterocycles. The molecule has 84 valence electrons.